The van der Waals surface area contributed by atoms with Gasteiger partial charge in [-0.1, -0.05) is 0 Å². The minimum atomic E-state index is -0.0281. The fourth-order valence-electron chi connectivity index (χ4n) is 2.00. The van der Waals surface area contributed by atoms with E-state index in [1.807, 2.05) is 19.1 Å². The average molecular weight is 273 g/mol. The summed E-state index contributed by atoms with van der Waals surface area (Å²) in [5, 5.41) is 3.75. The molecule has 0 saturated heterocycles. The second-order valence-electron chi connectivity index (χ2n) is 4.45. The standard InChI is InChI=1S/C15H19N3O2/c1-2-20-10-4-6-14(19)18-13-8-7-12(16)15-11(13)5-3-9-17-15/h3,5,7-9H,2,4,6,10,16H2,1H3,(H,18,19). The first-order valence-electron chi connectivity index (χ1n) is 6.73. The molecule has 0 atom stereocenters. The smallest absolute Gasteiger partial charge is 0.224 e. The van der Waals surface area contributed by atoms with Crippen molar-refractivity contribution in [3.8, 4) is 0 Å². The van der Waals surface area contributed by atoms with Crippen molar-refractivity contribution in [2.24, 2.45) is 0 Å². The van der Waals surface area contributed by atoms with E-state index in [1.54, 1.807) is 18.3 Å². The van der Waals surface area contributed by atoms with E-state index in [0.29, 0.717) is 37.3 Å². The Labute approximate surface area is 118 Å². The Bertz CT molecular complexity index is 599. The van der Waals surface area contributed by atoms with Gasteiger partial charge in [-0.15, -0.1) is 0 Å². The molecule has 0 fully saturated rings. The summed E-state index contributed by atoms with van der Waals surface area (Å²) in [6.07, 6.45) is 2.84. The molecule has 5 nitrogen and oxygen atoms in total. The number of hydrogen-bond donors (Lipinski definition) is 2. The molecule has 5 heteroatoms. The molecule has 0 aliphatic rings. The Morgan fingerprint density at radius 2 is 2.25 bits per heavy atom. The number of amides is 1. The second kappa shape index (κ2) is 6.86. The highest BCUT2D eigenvalue weighted by Gasteiger charge is 2.08. The van der Waals surface area contributed by atoms with Crippen LogP contribution in [0.15, 0.2) is 30.5 Å². The lowest BCUT2D eigenvalue weighted by Crippen LogP contribution is -2.12. The minimum absolute atomic E-state index is 0.0281. The molecule has 1 heterocycles. The van der Waals surface area contributed by atoms with Crippen LogP contribution in [0.25, 0.3) is 10.9 Å². The number of carbonyl (C=O) groups excluding carboxylic acids is 1. The largest absolute Gasteiger partial charge is 0.397 e. The monoisotopic (exact) mass is 273 g/mol. The minimum Gasteiger partial charge on any atom is -0.397 e. The van der Waals surface area contributed by atoms with Gasteiger partial charge in [0.25, 0.3) is 0 Å². The molecule has 0 bridgehead atoms. The first-order valence-corrected chi connectivity index (χ1v) is 6.73. The first-order chi connectivity index (χ1) is 9.72. The Hall–Kier alpha value is -2.14. The van der Waals surface area contributed by atoms with Gasteiger partial charge in [0.05, 0.1) is 16.9 Å². The molecular weight excluding hydrogens is 254 g/mol. The van der Waals surface area contributed by atoms with Gasteiger partial charge < -0.3 is 15.8 Å². The highest BCUT2D eigenvalue weighted by Crippen LogP contribution is 2.26. The fourth-order valence-corrected chi connectivity index (χ4v) is 2.00. The summed E-state index contributed by atoms with van der Waals surface area (Å²) in [5.41, 5.74) is 7.93. The van der Waals surface area contributed by atoms with Gasteiger partial charge in [-0.25, -0.2) is 0 Å². The number of ether oxygens (including phenoxy) is 1. The van der Waals surface area contributed by atoms with Crippen molar-refractivity contribution in [3.63, 3.8) is 0 Å². The van der Waals surface area contributed by atoms with Crippen LogP contribution in [0.1, 0.15) is 19.8 Å². The number of pyridine rings is 1. The molecule has 1 aromatic heterocycles. The van der Waals surface area contributed by atoms with Gasteiger partial charge in [0, 0.05) is 31.2 Å². The van der Waals surface area contributed by atoms with Gasteiger partial charge in [-0.3, -0.25) is 9.78 Å². The van der Waals surface area contributed by atoms with Crippen LogP contribution in [0.5, 0.6) is 0 Å². The Morgan fingerprint density at radius 1 is 1.40 bits per heavy atom. The maximum atomic E-state index is 11.9. The molecule has 2 aromatic rings. The number of anilines is 2. The molecular formula is C15H19N3O2. The molecule has 0 aliphatic carbocycles. The fraction of sp³-hybridized carbons (Fsp3) is 0.333. The van der Waals surface area contributed by atoms with Gasteiger partial charge >= 0.3 is 0 Å². The van der Waals surface area contributed by atoms with Crippen LogP contribution in [0, 0.1) is 0 Å². The van der Waals surface area contributed by atoms with Gasteiger partial charge in [0.1, 0.15) is 0 Å². The average Bonchev–Trinajstić information content (AvgIpc) is 2.47. The van der Waals surface area contributed by atoms with E-state index in [-0.39, 0.29) is 5.91 Å². The summed E-state index contributed by atoms with van der Waals surface area (Å²) in [7, 11) is 0. The summed E-state index contributed by atoms with van der Waals surface area (Å²) in [5.74, 6) is -0.0281. The number of benzene rings is 1. The van der Waals surface area contributed by atoms with Gasteiger partial charge in [0.2, 0.25) is 5.91 Å². The van der Waals surface area contributed by atoms with Crippen molar-refractivity contribution in [1.82, 2.24) is 4.98 Å². The number of fused-ring (bicyclic) bond motifs is 1. The number of nitrogens with one attached hydrogen (secondary N) is 1. The van der Waals surface area contributed by atoms with E-state index in [0.717, 1.165) is 11.1 Å². The van der Waals surface area contributed by atoms with Gasteiger partial charge in [-0.05, 0) is 37.6 Å². The molecule has 1 aromatic carbocycles. The lowest BCUT2D eigenvalue weighted by atomic mass is 10.1. The van der Waals surface area contributed by atoms with Crippen LogP contribution < -0.4 is 11.1 Å². The van der Waals surface area contributed by atoms with Crippen LogP contribution in [-0.4, -0.2) is 24.1 Å². The SMILES string of the molecule is CCOCCCC(=O)Nc1ccc(N)c2ncccc12. The van der Waals surface area contributed by atoms with Gasteiger partial charge in [0.15, 0.2) is 0 Å². The molecule has 0 aliphatic heterocycles. The highest BCUT2D eigenvalue weighted by atomic mass is 16.5. The zero-order valence-corrected chi connectivity index (χ0v) is 11.6. The Balaban J connectivity index is 2.06. The number of carbonyl (C=O) groups is 1. The predicted octanol–water partition coefficient (Wildman–Crippen LogP) is 2.57. The topological polar surface area (TPSA) is 77.2 Å². The molecule has 0 radical (unpaired) electrons. The van der Waals surface area contributed by atoms with E-state index < -0.39 is 0 Å². The summed E-state index contributed by atoms with van der Waals surface area (Å²) in [4.78, 5) is 16.1. The molecule has 2 rings (SSSR count). The van der Waals surface area contributed by atoms with Crippen molar-refractivity contribution in [2.45, 2.75) is 19.8 Å². The normalized spacial score (nSPS) is 10.7. The second-order valence-corrected chi connectivity index (χ2v) is 4.45. The van der Waals surface area contributed by atoms with Crippen LogP contribution in [-0.2, 0) is 9.53 Å². The maximum absolute atomic E-state index is 11.9. The third kappa shape index (κ3) is 3.45. The number of nitrogen functional groups attached to an aromatic ring is 1. The molecule has 0 unspecified atom stereocenters. The van der Waals surface area contributed by atoms with Crippen molar-refractivity contribution in [1.29, 1.82) is 0 Å². The van der Waals surface area contributed by atoms with E-state index in [4.69, 9.17) is 10.5 Å². The molecule has 0 spiro atoms. The van der Waals surface area contributed by atoms with Crippen LogP contribution in [0.2, 0.25) is 0 Å². The number of aromatic nitrogens is 1. The van der Waals surface area contributed by atoms with Crippen molar-refractivity contribution in [3.05, 3.63) is 30.5 Å². The van der Waals surface area contributed by atoms with E-state index in [2.05, 4.69) is 10.3 Å². The Morgan fingerprint density at radius 3 is 3.05 bits per heavy atom. The molecule has 106 valence electrons. The summed E-state index contributed by atoms with van der Waals surface area (Å²) >= 11 is 0. The van der Waals surface area contributed by atoms with Crippen molar-refractivity contribution < 1.29 is 9.53 Å². The third-order valence-electron chi connectivity index (χ3n) is 2.97. The number of rotatable bonds is 6. The lowest BCUT2D eigenvalue weighted by molar-refractivity contribution is -0.116. The zero-order valence-electron chi connectivity index (χ0n) is 11.6. The number of nitrogens with zero attached hydrogens (tertiary/aromatic N) is 1. The summed E-state index contributed by atoms with van der Waals surface area (Å²) < 4.78 is 5.21. The van der Waals surface area contributed by atoms with Crippen LogP contribution in [0.3, 0.4) is 0 Å². The van der Waals surface area contributed by atoms with Crippen molar-refractivity contribution in [2.75, 3.05) is 24.3 Å². The predicted molar refractivity (Wildman–Crippen MR) is 80.5 cm³/mol. The molecule has 0 saturated carbocycles. The molecule has 1 amide bonds. The van der Waals surface area contributed by atoms with Crippen molar-refractivity contribution >= 4 is 28.2 Å². The summed E-state index contributed by atoms with van der Waals surface area (Å²) in [6, 6.07) is 7.28. The van der Waals surface area contributed by atoms with Crippen LogP contribution >= 0.6 is 0 Å². The lowest BCUT2D eigenvalue weighted by Gasteiger charge is -2.09. The number of hydrogen-bond acceptors (Lipinski definition) is 4. The third-order valence-corrected chi connectivity index (χ3v) is 2.97. The maximum Gasteiger partial charge on any atom is 0.224 e. The van der Waals surface area contributed by atoms with E-state index >= 15 is 0 Å². The van der Waals surface area contributed by atoms with E-state index in [9.17, 15) is 4.79 Å². The first kappa shape index (κ1) is 14.3. The highest BCUT2D eigenvalue weighted by molar-refractivity contribution is 6.04. The van der Waals surface area contributed by atoms with Gasteiger partial charge in [-0.2, -0.15) is 0 Å². The number of nitrogens with two attached hydrogens (primary N) is 1. The quantitative estimate of drug-likeness (QED) is 0.626. The molecule has 3 N–H and O–H groups in total. The summed E-state index contributed by atoms with van der Waals surface area (Å²) in [6.45, 7) is 3.22. The zero-order chi connectivity index (χ0) is 14.4. The van der Waals surface area contributed by atoms with E-state index in [1.165, 1.54) is 0 Å². The Kier molecular flexibility index (Phi) is 4.90. The molecule has 20 heavy (non-hydrogen) atoms. The van der Waals surface area contributed by atoms with Crippen LogP contribution in [0.4, 0.5) is 11.4 Å².